The van der Waals surface area contributed by atoms with Gasteiger partial charge in [0.15, 0.2) is 0 Å². The first-order valence-electron chi connectivity index (χ1n) is 10.7. The Balaban J connectivity index is 1.23. The molecule has 2 N–H and O–H groups in total. The number of sulfonamides is 1. The zero-order chi connectivity index (χ0) is 21.2. The summed E-state index contributed by atoms with van der Waals surface area (Å²) < 4.78 is 34.0. The number of carbonyl (C=O) groups excluding carboxylic acids is 2. The van der Waals surface area contributed by atoms with Gasteiger partial charge in [0, 0.05) is 6.54 Å². The molecule has 0 radical (unpaired) electrons. The van der Waals surface area contributed by atoms with Crippen molar-refractivity contribution in [3.8, 4) is 5.75 Å². The van der Waals surface area contributed by atoms with Gasteiger partial charge in [-0.15, -0.1) is 0 Å². The summed E-state index contributed by atoms with van der Waals surface area (Å²) in [6.07, 6.45) is 5.89. The Hall–Kier alpha value is -2.13. The van der Waals surface area contributed by atoms with E-state index >= 15 is 0 Å². The van der Waals surface area contributed by atoms with E-state index in [4.69, 9.17) is 4.74 Å². The van der Waals surface area contributed by atoms with Crippen molar-refractivity contribution in [2.45, 2.75) is 50.5 Å². The Bertz CT molecular complexity index is 909. The van der Waals surface area contributed by atoms with Gasteiger partial charge in [-0.2, -0.15) is 0 Å². The molecule has 1 aromatic rings. The monoisotopic (exact) mass is 435 g/mol. The van der Waals surface area contributed by atoms with Crippen LogP contribution in [-0.2, 0) is 20.4 Å². The number of hydrogen-bond acceptors (Lipinski definition) is 5. The number of amides is 3. The predicted molar refractivity (Wildman–Crippen MR) is 111 cm³/mol. The minimum Gasteiger partial charge on any atom is -0.493 e. The lowest BCUT2D eigenvalue weighted by Crippen LogP contribution is -2.36. The average Bonchev–Trinajstić information content (AvgIpc) is 3.61. The molecule has 3 amide bonds. The molecule has 3 fully saturated rings. The van der Waals surface area contributed by atoms with Crippen molar-refractivity contribution in [2.75, 3.05) is 25.4 Å². The number of nitrogens with zero attached hydrogens (tertiary/aromatic N) is 1. The van der Waals surface area contributed by atoms with Crippen LogP contribution in [0.25, 0.3) is 0 Å². The maximum absolute atomic E-state index is 12.6. The molecule has 4 rings (SSSR count). The quantitative estimate of drug-likeness (QED) is 0.386. The Morgan fingerprint density at radius 1 is 1.17 bits per heavy atom. The summed E-state index contributed by atoms with van der Waals surface area (Å²) in [4.78, 5) is 24.1. The minimum atomic E-state index is -3.41. The van der Waals surface area contributed by atoms with Crippen molar-refractivity contribution < 1.29 is 22.7 Å². The van der Waals surface area contributed by atoms with Crippen LogP contribution in [0.15, 0.2) is 24.3 Å². The summed E-state index contributed by atoms with van der Waals surface area (Å²) in [6, 6.07) is 7.39. The highest BCUT2D eigenvalue weighted by Gasteiger charge is 2.47. The van der Waals surface area contributed by atoms with Crippen molar-refractivity contribution in [1.82, 2.24) is 14.9 Å². The number of urea groups is 1. The van der Waals surface area contributed by atoms with Crippen LogP contribution < -0.4 is 14.8 Å². The normalized spacial score (nSPS) is 20.3. The molecule has 30 heavy (non-hydrogen) atoms. The molecule has 3 aliphatic rings. The van der Waals surface area contributed by atoms with E-state index in [1.54, 1.807) is 0 Å². The Kier molecular flexibility index (Phi) is 6.02. The molecule has 2 aliphatic carbocycles. The largest absolute Gasteiger partial charge is 0.493 e. The third-order valence-corrected chi connectivity index (χ3v) is 7.41. The maximum Gasteiger partial charge on any atom is 0.324 e. The third kappa shape index (κ3) is 5.51. The first kappa shape index (κ1) is 21.1. The molecular weight excluding hydrogens is 406 g/mol. The van der Waals surface area contributed by atoms with E-state index in [1.165, 1.54) is 17.7 Å². The topological polar surface area (TPSA) is 105 Å². The third-order valence-electron chi connectivity index (χ3n) is 5.88. The molecule has 1 saturated heterocycles. The molecule has 1 heterocycles. The van der Waals surface area contributed by atoms with E-state index < -0.39 is 15.6 Å². The fourth-order valence-electron chi connectivity index (χ4n) is 3.74. The number of benzene rings is 1. The van der Waals surface area contributed by atoms with Gasteiger partial charge in [-0.05, 0) is 62.1 Å². The van der Waals surface area contributed by atoms with Crippen LogP contribution in [0.1, 0.15) is 50.5 Å². The van der Waals surface area contributed by atoms with E-state index in [1.807, 2.05) is 24.3 Å². The molecule has 8 nitrogen and oxygen atoms in total. The van der Waals surface area contributed by atoms with Crippen LogP contribution in [0, 0.1) is 5.92 Å². The van der Waals surface area contributed by atoms with Crippen molar-refractivity contribution in [2.24, 2.45) is 5.92 Å². The van der Waals surface area contributed by atoms with Gasteiger partial charge < -0.3 is 9.64 Å². The molecule has 0 aromatic heterocycles. The highest BCUT2D eigenvalue weighted by molar-refractivity contribution is 7.89. The first-order chi connectivity index (χ1) is 14.4. The van der Waals surface area contributed by atoms with Crippen molar-refractivity contribution in [3.05, 3.63) is 29.8 Å². The predicted octanol–water partition coefficient (Wildman–Crippen LogP) is 2.11. The van der Waals surface area contributed by atoms with Gasteiger partial charge in [0.05, 0.1) is 17.9 Å². The first-order valence-corrected chi connectivity index (χ1v) is 12.3. The van der Waals surface area contributed by atoms with Gasteiger partial charge in [-0.25, -0.2) is 17.9 Å². The van der Waals surface area contributed by atoms with Crippen molar-refractivity contribution >= 4 is 22.0 Å². The van der Waals surface area contributed by atoms with Gasteiger partial charge in [0.2, 0.25) is 15.9 Å². The summed E-state index contributed by atoms with van der Waals surface area (Å²) in [5.41, 5.74) is 0.454. The molecule has 0 atom stereocenters. The molecule has 164 valence electrons. The van der Waals surface area contributed by atoms with Crippen LogP contribution in [0.5, 0.6) is 5.75 Å². The maximum atomic E-state index is 12.6. The Morgan fingerprint density at radius 2 is 1.97 bits per heavy atom. The molecular formula is C21H29N3O5S. The summed E-state index contributed by atoms with van der Waals surface area (Å²) in [5.74, 6) is 1.23. The number of ether oxygens (including phenoxy) is 1. The van der Waals surface area contributed by atoms with Gasteiger partial charge in [0.25, 0.3) is 0 Å². The number of nitrogens with one attached hydrogen (secondary N) is 2. The summed E-state index contributed by atoms with van der Waals surface area (Å²) >= 11 is 0. The molecule has 1 aliphatic heterocycles. The van der Waals surface area contributed by atoms with Crippen LogP contribution in [0.2, 0.25) is 0 Å². The molecule has 9 heteroatoms. The second-order valence-corrected chi connectivity index (χ2v) is 10.5. The van der Waals surface area contributed by atoms with Crippen molar-refractivity contribution in [1.29, 1.82) is 0 Å². The zero-order valence-electron chi connectivity index (χ0n) is 17.1. The lowest BCUT2D eigenvalue weighted by Gasteiger charge is -2.19. The Labute approximate surface area is 177 Å². The lowest BCUT2D eigenvalue weighted by atomic mass is 10.1. The second kappa shape index (κ2) is 8.55. The molecule has 2 saturated carbocycles. The zero-order valence-corrected chi connectivity index (χ0v) is 17.9. The molecule has 1 aromatic carbocycles. The average molecular weight is 436 g/mol. The summed E-state index contributed by atoms with van der Waals surface area (Å²) in [6.45, 7) is 1.28. The van der Waals surface area contributed by atoms with E-state index in [0.717, 1.165) is 30.8 Å². The van der Waals surface area contributed by atoms with E-state index in [9.17, 15) is 18.0 Å². The fraction of sp³-hybridized carbons (Fsp3) is 0.619. The SMILES string of the molecule is O=C1CN(CCCCCS(=O)(=O)NC2(c3cccc(OCC4CC4)c3)CC2)C(=O)N1. The summed E-state index contributed by atoms with van der Waals surface area (Å²) in [7, 11) is -3.41. The Morgan fingerprint density at radius 3 is 2.63 bits per heavy atom. The molecule has 0 bridgehead atoms. The molecule has 0 spiro atoms. The van der Waals surface area contributed by atoms with Gasteiger partial charge in [-0.3, -0.25) is 10.1 Å². The standard InChI is InChI=1S/C21H29N3O5S/c25-19-14-24(20(26)22-19)11-2-1-3-12-30(27,28)23-21(9-10-21)17-5-4-6-18(13-17)29-15-16-7-8-16/h4-6,13,16,23H,1-3,7-12,14-15H2,(H,22,25,26). The van der Waals surface area contributed by atoms with Crippen LogP contribution in [-0.4, -0.2) is 50.7 Å². The van der Waals surface area contributed by atoms with E-state index in [-0.39, 0.29) is 24.2 Å². The number of carbonyl (C=O) groups is 2. The number of rotatable bonds is 12. The highest BCUT2D eigenvalue weighted by Crippen LogP contribution is 2.47. The van der Waals surface area contributed by atoms with E-state index in [2.05, 4.69) is 10.0 Å². The van der Waals surface area contributed by atoms with Crippen LogP contribution in [0.3, 0.4) is 0 Å². The number of imide groups is 1. The smallest absolute Gasteiger partial charge is 0.324 e. The van der Waals surface area contributed by atoms with Crippen LogP contribution >= 0.6 is 0 Å². The molecule has 0 unspecified atom stereocenters. The fourth-order valence-corrected chi connectivity index (χ4v) is 5.34. The number of unbranched alkanes of at least 4 members (excludes halogenated alkanes) is 2. The lowest BCUT2D eigenvalue weighted by molar-refractivity contribution is -0.118. The summed E-state index contributed by atoms with van der Waals surface area (Å²) in [5, 5.41) is 2.23. The van der Waals surface area contributed by atoms with Gasteiger partial charge in [0.1, 0.15) is 12.3 Å². The van der Waals surface area contributed by atoms with Gasteiger partial charge >= 0.3 is 6.03 Å². The minimum absolute atomic E-state index is 0.0533. The van der Waals surface area contributed by atoms with Gasteiger partial charge in [-0.1, -0.05) is 18.6 Å². The van der Waals surface area contributed by atoms with E-state index in [0.29, 0.717) is 31.7 Å². The van der Waals surface area contributed by atoms with Crippen LogP contribution in [0.4, 0.5) is 4.79 Å². The highest BCUT2D eigenvalue weighted by atomic mass is 32.2. The second-order valence-electron chi connectivity index (χ2n) is 8.62. The number of hydrogen-bond donors (Lipinski definition) is 2. The van der Waals surface area contributed by atoms with Crippen molar-refractivity contribution in [3.63, 3.8) is 0 Å².